The average Bonchev–Trinajstić information content (AvgIpc) is 2.96. The van der Waals surface area contributed by atoms with Crippen LogP contribution < -0.4 is 21.2 Å². The quantitative estimate of drug-likeness (QED) is 0.168. The highest BCUT2D eigenvalue weighted by Crippen LogP contribution is 2.52. The molecule has 0 spiro atoms. The van der Waals surface area contributed by atoms with E-state index in [4.69, 9.17) is 4.74 Å². The summed E-state index contributed by atoms with van der Waals surface area (Å²) < 4.78 is 6.70. The third-order valence-electron chi connectivity index (χ3n) is 6.26. The van der Waals surface area contributed by atoms with E-state index in [0.717, 1.165) is 22.5 Å². The van der Waals surface area contributed by atoms with Gasteiger partial charge < -0.3 is 0 Å². The molecule has 0 saturated carbocycles. The van der Waals surface area contributed by atoms with Crippen LogP contribution in [-0.4, -0.2) is 12.3 Å². The summed E-state index contributed by atoms with van der Waals surface area (Å²) in [5.74, 6) is 0. The largest absolute Gasteiger partial charge is 0.258 e. The minimum Gasteiger partial charge on any atom is -0.258 e. The van der Waals surface area contributed by atoms with E-state index in [1.54, 1.807) is 0 Å². The molecule has 0 aliphatic heterocycles. The Balaban J connectivity index is 1.67. The minimum atomic E-state index is -2.11. The van der Waals surface area contributed by atoms with E-state index in [1.165, 1.54) is 21.2 Å². The molecule has 0 fully saturated rings. The first kappa shape index (κ1) is 24.9. The predicted molar refractivity (Wildman–Crippen MR) is 164 cm³/mol. The van der Waals surface area contributed by atoms with Crippen molar-refractivity contribution in [3.8, 4) is 0 Å². The molecule has 4 heteroatoms. The summed E-state index contributed by atoms with van der Waals surface area (Å²) >= 11 is 3.59. The standard InChI is InChI=1S/C32H28BrNP2/c33-27-21-23-28(24-22-27)34-36(31-17-9-3-10-18-31,32-19-11-4-12-20-32)26-25-35(29-13-5-1-6-14-29)30-15-7-2-8-16-30/h1-24H,25-26H2. The Kier molecular flexibility index (Phi) is 8.29. The first-order chi connectivity index (χ1) is 17.7. The van der Waals surface area contributed by atoms with Crippen molar-refractivity contribution >= 4 is 57.8 Å². The molecular formula is C32H28BrNP2. The Morgan fingerprint density at radius 3 is 1.39 bits per heavy atom. The van der Waals surface area contributed by atoms with Crippen LogP contribution in [-0.2, 0) is 0 Å². The zero-order valence-corrected chi connectivity index (χ0v) is 23.4. The van der Waals surface area contributed by atoms with Gasteiger partial charge in [0.15, 0.2) is 0 Å². The van der Waals surface area contributed by atoms with Gasteiger partial charge in [0.25, 0.3) is 0 Å². The van der Waals surface area contributed by atoms with Gasteiger partial charge >= 0.3 is 0 Å². The van der Waals surface area contributed by atoms with Crippen molar-refractivity contribution in [2.75, 3.05) is 12.3 Å². The lowest BCUT2D eigenvalue weighted by atomic mass is 10.3. The number of rotatable bonds is 8. The van der Waals surface area contributed by atoms with E-state index < -0.39 is 15.0 Å². The summed E-state index contributed by atoms with van der Waals surface area (Å²) in [6.07, 6.45) is 2.08. The second kappa shape index (κ2) is 12.0. The molecule has 5 aromatic carbocycles. The molecule has 0 unspecified atom stereocenters. The van der Waals surface area contributed by atoms with Crippen LogP contribution in [0.25, 0.3) is 0 Å². The van der Waals surface area contributed by atoms with Gasteiger partial charge in [-0.3, -0.25) is 4.74 Å². The molecule has 178 valence electrons. The molecule has 5 aromatic rings. The zero-order valence-electron chi connectivity index (χ0n) is 20.0. The van der Waals surface area contributed by atoms with Crippen LogP contribution in [0.15, 0.2) is 155 Å². The number of hydrogen-bond donors (Lipinski definition) is 0. The third kappa shape index (κ3) is 5.79. The second-order valence-electron chi connectivity index (χ2n) is 8.56. The molecule has 0 heterocycles. The SMILES string of the molecule is Brc1ccc(N=P(CCP(c2ccccc2)c2ccccc2)(c2ccccc2)c2ccccc2)cc1. The van der Waals surface area contributed by atoms with E-state index in [2.05, 4.69) is 162 Å². The van der Waals surface area contributed by atoms with Gasteiger partial charge in [-0.25, -0.2) is 0 Å². The van der Waals surface area contributed by atoms with Crippen molar-refractivity contribution in [3.05, 3.63) is 150 Å². The molecule has 0 saturated heterocycles. The highest BCUT2D eigenvalue weighted by Gasteiger charge is 2.27. The molecule has 0 N–H and O–H groups in total. The molecule has 0 aliphatic carbocycles. The van der Waals surface area contributed by atoms with E-state index >= 15 is 0 Å². The fraction of sp³-hybridized carbons (Fsp3) is 0.0625. The normalized spacial score (nSPS) is 11.4. The number of halogens is 1. The summed E-state index contributed by atoms with van der Waals surface area (Å²) in [7, 11) is -2.62. The molecule has 0 amide bonds. The Morgan fingerprint density at radius 1 is 0.528 bits per heavy atom. The lowest BCUT2D eigenvalue weighted by molar-refractivity contribution is 1.45. The van der Waals surface area contributed by atoms with E-state index in [9.17, 15) is 0 Å². The van der Waals surface area contributed by atoms with E-state index in [1.807, 2.05) is 0 Å². The lowest BCUT2D eigenvalue weighted by Gasteiger charge is -2.29. The zero-order chi connectivity index (χ0) is 24.6. The van der Waals surface area contributed by atoms with Gasteiger partial charge in [0.05, 0.1) is 5.69 Å². The van der Waals surface area contributed by atoms with Crippen molar-refractivity contribution in [2.24, 2.45) is 4.74 Å². The fourth-order valence-electron chi connectivity index (χ4n) is 4.49. The molecule has 0 radical (unpaired) electrons. The summed E-state index contributed by atoms with van der Waals surface area (Å²) in [6, 6.07) is 52.4. The number of benzene rings is 5. The predicted octanol–water partition coefficient (Wildman–Crippen LogP) is 8.07. The molecule has 1 nitrogen and oxygen atoms in total. The van der Waals surface area contributed by atoms with Crippen LogP contribution in [0.1, 0.15) is 0 Å². The summed E-state index contributed by atoms with van der Waals surface area (Å²) in [5.41, 5.74) is 1.03. The van der Waals surface area contributed by atoms with Crippen LogP contribution in [0.3, 0.4) is 0 Å². The number of nitrogens with zero attached hydrogens (tertiary/aromatic N) is 1. The van der Waals surface area contributed by atoms with Gasteiger partial charge in [0.1, 0.15) is 0 Å². The van der Waals surface area contributed by atoms with Crippen LogP contribution in [0.5, 0.6) is 0 Å². The summed E-state index contributed by atoms with van der Waals surface area (Å²) in [5, 5.41) is 5.49. The average molecular weight is 568 g/mol. The van der Waals surface area contributed by atoms with Crippen molar-refractivity contribution < 1.29 is 0 Å². The van der Waals surface area contributed by atoms with Gasteiger partial charge in [0.2, 0.25) is 0 Å². The Hall–Kier alpha value is -2.76. The van der Waals surface area contributed by atoms with Gasteiger partial charge in [-0.05, 0) is 65.7 Å². The lowest BCUT2D eigenvalue weighted by Crippen LogP contribution is -2.23. The van der Waals surface area contributed by atoms with Gasteiger partial charge in [0, 0.05) is 11.5 Å². The van der Waals surface area contributed by atoms with Gasteiger partial charge in [-0.2, -0.15) is 0 Å². The summed E-state index contributed by atoms with van der Waals surface area (Å²) in [6.45, 7) is 0. The summed E-state index contributed by atoms with van der Waals surface area (Å²) in [4.78, 5) is 0. The topological polar surface area (TPSA) is 12.4 Å². The van der Waals surface area contributed by atoms with Crippen LogP contribution in [0, 0.1) is 0 Å². The molecule has 0 aromatic heterocycles. The highest BCUT2D eigenvalue weighted by atomic mass is 79.9. The first-order valence-electron chi connectivity index (χ1n) is 12.1. The Morgan fingerprint density at radius 2 is 0.944 bits per heavy atom. The Labute approximate surface area is 224 Å². The maximum Gasteiger partial charge on any atom is 0.0622 e. The first-order valence-corrected chi connectivity index (χ1v) is 16.4. The third-order valence-corrected chi connectivity index (χ3v) is 13.4. The van der Waals surface area contributed by atoms with Gasteiger partial charge in [-0.15, -0.1) is 0 Å². The van der Waals surface area contributed by atoms with E-state index in [-0.39, 0.29) is 0 Å². The Bertz CT molecular complexity index is 1340. The number of hydrogen-bond acceptors (Lipinski definition) is 1. The molecule has 0 bridgehead atoms. The molecule has 5 rings (SSSR count). The maximum atomic E-state index is 5.63. The smallest absolute Gasteiger partial charge is 0.0622 e. The van der Waals surface area contributed by atoms with Crippen molar-refractivity contribution in [1.82, 2.24) is 0 Å². The molecular weight excluding hydrogens is 540 g/mol. The second-order valence-corrected chi connectivity index (χ2v) is 15.0. The highest BCUT2D eigenvalue weighted by molar-refractivity contribution is 9.10. The van der Waals surface area contributed by atoms with Crippen molar-refractivity contribution in [1.29, 1.82) is 0 Å². The molecule has 0 atom stereocenters. The minimum absolute atomic E-state index is 0.515. The molecule has 0 aliphatic rings. The molecule has 36 heavy (non-hydrogen) atoms. The van der Waals surface area contributed by atoms with Crippen molar-refractivity contribution in [3.63, 3.8) is 0 Å². The van der Waals surface area contributed by atoms with Crippen LogP contribution in [0.2, 0.25) is 0 Å². The van der Waals surface area contributed by atoms with E-state index in [0.29, 0.717) is 0 Å². The van der Waals surface area contributed by atoms with Crippen molar-refractivity contribution in [2.45, 2.75) is 0 Å². The maximum absolute atomic E-state index is 5.63. The monoisotopic (exact) mass is 567 g/mol. The van der Waals surface area contributed by atoms with Gasteiger partial charge in [-0.1, -0.05) is 137 Å². The van der Waals surface area contributed by atoms with Crippen LogP contribution in [0.4, 0.5) is 5.69 Å². The van der Waals surface area contributed by atoms with Crippen LogP contribution >= 0.6 is 30.9 Å². The fourth-order valence-corrected chi connectivity index (χ4v) is 11.6.